The highest BCUT2D eigenvalue weighted by atomic mass is 16.5. The van der Waals surface area contributed by atoms with Gasteiger partial charge in [0.05, 0.1) is 6.42 Å². The summed E-state index contributed by atoms with van der Waals surface area (Å²) in [6.45, 7) is 1.94. The van der Waals surface area contributed by atoms with Crippen molar-refractivity contribution in [2.24, 2.45) is 0 Å². The van der Waals surface area contributed by atoms with E-state index in [0.29, 0.717) is 18.1 Å². The van der Waals surface area contributed by atoms with Crippen LogP contribution in [0.5, 0.6) is 0 Å². The van der Waals surface area contributed by atoms with Gasteiger partial charge in [-0.2, -0.15) is 4.98 Å². The van der Waals surface area contributed by atoms with Crippen LogP contribution in [0, 0.1) is 6.92 Å². The van der Waals surface area contributed by atoms with Crippen molar-refractivity contribution in [3.05, 3.63) is 59.7 Å². The number of pyridine rings is 1. The number of nitrogens with two attached hydrogens (primary N) is 1. The zero-order valence-corrected chi connectivity index (χ0v) is 11.1. The monoisotopic (exact) mass is 266 g/mol. The zero-order valence-electron chi connectivity index (χ0n) is 11.1. The Morgan fingerprint density at radius 3 is 2.60 bits per heavy atom. The molecule has 5 nitrogen and oxygen atoms in total. The lowest BCUT2D eigenvalue weighted by molar-refractivity contribution is 0.385. The van der Waals surface area contributed by atoms with E-state index >= 15 is 0 Å². The third-order valence-corrected chi connectivity index (χ3v) is 2.97. The molecule has 0 radical (unpaired) electrons. The summed E-state index contributed by atoms with van der Waals surface area (Å²) >= 11 is 0. The molecule has 0 aliphatic rings. The third-order valence-electron chi connectivity index (χ3n) is 2.97. The van der Waals surface area contributed by atoms with Crippen LogP contribution in [0.15, 0.2) is 47.1 Å². The fraction of sp³-hybridized carbons (Fsp3) is 0.133. The van der Waals surface area contributed by atoms with Gasteiger partial charge in [0.25, 0.3) is 0 Å². The molecule has 0 spiro atoms. The summed E-state index contributed by atoms with van der Waals surface area (Å²) in [7, 11) is 0. The lowest BCUT2D eigenvalue weighted by Gasteiger charge is -1.97. The lowest BCUT2D eigenvalue weighted by Crippen LogP contribution is -1.90. The molecule has 0 bridgehead atoms. The molecule has 2 N–H and O–H groups in total. The Bertz CT molecular complexity index is 701. The van der Waals surface area contributed by atoms with Gasteiger partial charge in [-0.05, 0) is 36.8 Å². The minimum atomic E-state index is 0.558. The second kappa shape index (κ2) is 5.13. The molecule has 0 amide bonds. The SMILES string of the molecule is Cc1ccc(-c2noc(Cc3ccc(N)cc3)n2)cn1. The van der Waals surface area contributed by atoms with Crippen molar-refractivity contribution in [2.75, 3.05) is 5.73 Å². The first-order valence-electron chi connectivity index (χ1n) is 6.31. The maximum atomic E-state index is 5.65. The maximum absolute atomic E-state index is 5.65. The van der Waals surface area contributed by atoms with Crippen molar-refractivity contribution in [2.45, 2.75) is 13.3 Å². The zero-order chi connectivity index (χ0) is 13.9. The van der Waals surface area contributed by atoms with Gasteiger partial charge < -0.3 is 10.3 Å². The van der Waals surface area contributed by atoms with Crippen LogP contribution in [0.25, 0.3) is 11.4 Å². The largest absolute Gasteiger partial charge is 0.399 e. The topological polar surface area (TPSA) is 77.8 Å². The molecule has 2 aromatic heterocycles. The van der Waals surface area contributed by atoms with Gasteiger partial charge in [0.15, 0.2) is 0 Å². The molecule has 0 fully saturated rings. The highest BCUT2D eigenvalue weighted by Crippen LogP contribution is 2.16. The van der Waals surface area contributed by atoms with E-state index in [1.165, 1.54) is 0 Å². The fourth-order valence-electron chi connectivity index (χ4n) is 1.85. The van der Waals surface area contributed by atoms with Crippen LogP contribution in [0.1, 0.15) is 17.1 Å². The van der Waals surface area contributed by atoms with Gasteiger partial charge in [0.1, 0.15) is 0 Å². The highest BCUT2D eigenvalue weighted by molar-refractivity contribution is 5.52. The van der Waals surface area contributed by atoms with Gasteiger partial charge in [0, 0.05) is 23.1 Å². The van der Waals surface area contributed by atoms with Crippen LogP contribution in [0.4, 0.5) is 5.69 Å². The summed E-state index contributed by atoms with van der Waals surface area (Å²) in [5, 5.41) is 3.98. The summed E-state index contributed by atoms with van der Waals surface area (Å²) in [5.74, 6) is 1.13. The molecule has 20 heavy (non-hydrogen) atoms. The standard InChI is InChI=1S/C15H14N4O/c1-10-2-5-12(9-17-10)15-18-14(20-19-15)8-11-3-6-13(16)7-4-11/h2-7,9H,8,16H2,1H3. The Kier molecular flexibility index (Phi) is 3.16. The normalized spacial score (nSPS) is 10.7. The van der Waals surface area contributed by atoms with Gasteiger partial charge >= 0.3 is 0 Å². The molecule has 0 atom stereocenters. The maximum Gasteiger partial charge on any atom is 0.231 e. The quantitative estimate of drug-likeness (QED) is 0.737. The number of hydrogen-bond acceptors (Lipinski definition) is 5. The Labute approximate surface area is 116 Å². The number of benzene rings is 1. The van der Waals surface area contributed by atoms with Crippen LogP contribution in [-0.2, 0) is 6.42 Å². The van der Waals surface area contributed by atoms with Crippen LogP contribution in [0.2, 0.25) is 0 Å². The first-order chi connectivity index (χ1) is 9.70. The van der Waals surface area contributed by atoms with Gasteiger partial charge in [0.2, 0.25) is 11.7 Å². The first-order valence-corrected chi connectivity index (χ1v) is 6.31. The number of aromatic nitrogens is 3. The average Bonchev–Trinajstić information content (AvgIpc) is 2.91. The summed E-state index contributed by atoms with van der Waals surface area (Å²) in [6, 6.07) is 11.5. The summed E-state index contributed by atoms with van der Waals surface area (Å²) in [5.41, 5.74) is 9.28. The molecular formula is C15H14N4O. The van der Waals surface area contributed by atoms with E-state index in [4.69, 9.17) is 10.3 Å². The van der Waals surface area contributed by atoms with Crippen molar-refractivity contribution < 1.29 is 4.52 Å². The number of nitrogen functional groups attached to an aromatic ring is 1. The number of anilines is 1. The number of aryl methyl sites for hydroxylation is 1. The van der Waals surface area contributed by atoms with E-state index in [-0.39, 0.29) is 0 Å². The smallest absolute Gasteiger partial charge is 0.231 e. The predicted molar refractivity (Wildman–Crippen MR) is 75.9 cm³/mol. The van der Waals surface area contributed by atoms with E-state index in [2.05, 4.69) is 15.1 Å². The van der Waals surface area contributed by atoms with E-state index in [1.807, 2.05) is 43.3 Å². The van der Waals surface area contributed by atoms with Crippen molar-refractivity contribution in [3.63, 3.8) is 0 Å². The number of nitrogens with zero attached hydrogens (tertiary/aromatic N) is 3. The molecule has 2 heterocycles. The van der Waals surface area contributed by atoms with Crippen LogP contribution in [-0.4, -0.2) is 15.1 Å². The van der Waals surface area contributed by atoms with Gasteiger partial charge in [-0.3, -0.25) is 4.98 Å². The average molecular weight is 266 g/mol. The van der Waals surface area contributed by atoms with Crippen LogP contribution < -0.4 is 5.73 Å². The second-order valence-electron chi connectivity index (χ2n) is 4.62. The molecule has 0 unspecified atom stereocenters. The molecule has 0 aliphatic carbocycles. The van der Waals surface area contributed by atoms with Crippen molar-refractivity contribution in [1.82, 2.24) is 15.1 Å². The molecule has 0 saturated carbocycles. The lowest BCUT2D eigenvalue weighted by atomic mass is 10.1. The van der Waals surface area contributed by atoms with Crippen molar-refractivity contribution in [3.8, 4) is 11.4 Å². The number of hydrogen-bond donors (Lipinski definition) is 1. The molecule has 0 aliphatic heterocycles. The van der Waals surface area contributed by atoms with E-state index in [9.17, 15) is 0 Å². The van der Waals surface area contributed by atoms with Crippen LogP contribution >= 0.6 is 0 Å². The summed E-state index contributed by atoms with van der Waals surface area (Å²) in [6.07, 6.45) is 2.33. The molecular weight excluding hydrogens is 252 g/mol. The third kappa shape index (κ3) is 2.66. The summed E-state index contributed by atoms with van der Waals surface area (Å²) < 4.78 is 5.26. The Hall–Kier alpha value is -2.69. The molecule has 100 valence electrons. The highest BCUT2D eigenvalue weighted by Gasteiger charge is 2.09. The minimum Gasteiger partial charge on any atom is -0.399 e. The van der Waals surface area contributed by atoms with Crippen molar-refractivity contribution in [1.29, 1.82) is 0 Å². The molecule has 1 aromatic carbocycles. The predicted octanol–water partition coefficient (Wildman–Crippen LogP) is 2.61. The Balaban J connectivity index is 1.80. The first kappa shape index (κ1) is 12.3. The van der Waals surface area contributed by atoms with Gasteiger partial charge in [-0.25, -0.2) is 0 Å². The van der Waals surface area contributed by atoms with E-state index < -0.39 is 0 Å². The minimum absolute atomic E-state index is 0.558. The Morgan fingerprint density at radius 1 is 1.10 bits per heavy atom. The van der Waals surface area contributed by atoms with E-state index in [1.54, 1.807) is 6.20 Å². The summed E-state index contributed by atoms with van der Waals surface area (Å²) in [4.78, 5) is 8.60. The molecule has 3 aromatic rings. The van der Waals surface area contributed by atoms with Gasteiger partial charge in [-0.15, -0.1) is 0 Å². The van der Waals surface area contributed by atoms with Crippen LogP contribution in [0.3, 0.4) is 0 Å². The molecule has 3 rings (SSSR count). The Morgan fingerprint density at radius 2 is 1.90 bits per heavy atom. The molecule has 0 saturated heterocycles. The van der Waals surface area contributed by atoms with Crippen molar-refractivity contribution >= 4 is 5.69 Å². The fourth-order valence-corrected chi connectivity index (χ4v) is 1.85. The second-order valence-corrected chi connectivity index (χ2v) is 4.62. The number of rotatable bonds is 3. The van der Waals surface area contributed by atoms with Gasteiger partial charge in [-0.1, -0.05) is 17.3 Å². The van der Waals surface area contributed by atoms with E-state index in [0.717, 1.165) is 22.5 Å². The molecule has 5 heteroatoms.